The predicted molar refractivity (Wildman–Crippen MR) is 115 cm³/mol. The number of carbonyl (C=O) groups is 1. The van der Waals surface area contributed by atoms with Crippen molar-refractivity contribution in [3.05, 3.63) is 34.3 Å². The van der Waals surface area contributed by atoms with Crippen molar-refractivity contribution in [1.82, 2.24) is 16.0 Å². The summed E-state index contributed by atoms with van der Waals surface area (Å²) < 4.78 is 0. The molecule has 6 aliphatic rings. The number of carbonyl (C=O) groups excluding carboxylic acids is 1. The lowest BCUT2D eigenvalue weighted by Gasteiger charge is -2.56. The second kappa shape index (κ2) is 6.70. The molecule has 0 aromatic heterocycles. The van der Waals surface area contributed by atoms with E-state index in [0.29, 0.717) is 22.0 Å². The van der Waals surface area contributed by atoms with Gasteiger partial charge in [0.1, 0.15) is 0 Å². The fourth-order valence-corrected chi connectivity index (χ4v) is 8.09. The first-order valence-corrected chi connectivity index (χ1v) is 11.9. The highest BCUT2D eigenvalue weighted by atomic mass is 35.5. The van der Waals surface area contributed by atoms with Crippen LogP contribution in [0.3, 0.4) is 0 Å². The summed E-state index contributed by atoms with van der Waals surface area (Å²) >= 11 is 6.45. The summed E-state index contributed by atoms with van der Waals surface area (Å²) in [6.45, 7) is 2.88. The monoisotopic (exact) mass is 413 g/mol. The van der Waals surface area contributed by atoms with Crippen LogP contribution in [0, 0.1) is 23.2 Å². The smallest absolute Gasteiger partial charge is 0.252 e. The zero-order chi connectivity index (χ0) is 19.6. The molecule has 1 aromatic carbocycles. The van der Waals surface area contributed by atoms with E-state index in [-0.39, 0.29) is 11.4 Å². The number of fused-ring (bicyclic) bond motifs is 2. The Morgan fingerprint density at radius 3 is 2.41 bits per heavy atom. The van der Waals surface area contributed by atoms with E-state index in [0.717, 1.165) is 43.8 Å². The summed E-state index contributed by atoms with van der Waals surface area (Å²) in [4.78, 5) is 13.1. The van der Waals surface area contributed by atoms with Gasteiger partial charge in [0.25, 0.3) is 5.91 Å². The van der Waals surface area contributed by atoms with Gasteiger partial charge in [-0.25, -0.2) is 0 Å². The van der Waals surface area contributed by atoms with E-state index < -0.39 is 0 Å². The maximum Gasteiger partial charge on any atom is 0.252 e. The summed E-state index contributed by atoms with van der Waals surface area (Å²) in [6, 6.07) is 6.62. The van der Waals surface area contributed by atoms with Crippen molar-refractivity contribution in [2.45, 2.75) is 62.9 Å². The van der Waals surface area contributed by atoms with Gasteiger partial charge in [-0.05, 0) is 92.2 Å². The van der Waals surface area contributed by atoms with Crippen LogP contribution in [0.2, 0.25) is 5.02 Å². The van der Waals surface area contributed by atoms with Crippen molar-refractivity contribution < 1.29 is 4.79 Å². The molecule has 2 aliphatic heterocycles. The van der Waals surface area contributed by atoms with E-state index in [4.69, 9.17) is 11.6 Å². The van der Waals surface area contributed by atoms with Crippen LogP contribution >= 0.6 is 11.6 Å². The fraction of sp³-hybridized carbons (Fsp3) is 0.708. The van der Waals surface area contributed by atoms with Crippen molar-refractivity contribution >= 4 is 17.5 Å². The molecule has 5 heteroatoms. The minimum atomic E-state index is 0.00639. The lowest BCUT2D eigenvalue weighted by atomic mass is 9.49. The largest absolute Gasteiger partial charge is 0.351 e. The number of amides is 1. The van der Waals surface area contributed by atoms with E-state index in [9.17, 15) is 4.79 Å². The summed E-state index contributed by atoms with van der Waals surface area (Å²) in [5.41, 5.74) is 2.34. The van der Waals surface area contributed by atoms with Crippen LogP contribution < -0.4 is 16.0 Å². The van der Waals surface area contributed by atoms with Gasteiger partial charge in [-0.15, -0.1) is 0 Å². The molecule has 1 amide bonds. The minimum Gasteiger partial charge on any atom is -0.351 e. The van der Waals surface area contributed by atoms with Crippen molar-refractivity contribution in [2.75, 3.05) is 19.6 Å². The molecule has 3 N–H and O–H groups in total. The number of halogens is 1. The van der Waals surface area contributed by atoms with Crippen LogP contribution in [0.1, 0.15) is 60.9 Å². The molecule has 0 radical (unpaired) electrons. The number of rotatable bonds is 5. The van der Waals surface area contributed by atoms with Crippen LogP contribution in [-0.4, -0.2) is 37.1 Å². The average Bonchev–Trinajstić information content (AvgIpc) is 3.27. The predicted octanol–water partition coefficient (Wildman–Crippen LogP) is 3.53. The van der Waals surface area contributed by atoms with Crippen molar-refractivity contribution in [3.63, 3.8) is 0 Å². The van der Waals surface area contributed by atoms with Crippen LogP contribution in [0.15, 0.2) is 18.2 Å². The van der Waals surface area contributed by atoms with E-state index in [1.165, 1.54) is 50.5 Å². The minimum absolute atomic E-state index is 0.00639. The second-order valence-corrected chi connectivity index (χ2v) is 11.4. The standard InChI is InChI=1S/C24H32ClN3O/c25-21-2-1-15(10-24-11-19(12-28-24)26-14-24)6-20(21)22(29)27-13-23-7-16-3-17(8-23)5-18(4-16)9-23/h1-2,6,16-19,26,28H,3-5,7-14H2,(H,27,29). The SMILES string of the molecule is O=C(NCC12CC3CC(CC(C3)C1)C2)c1cc(CC23CNC(CN2)C3)ccc1Cl. The zero-order valence-electron chi connectivity index (χ0n) is 17.1. The van der Waals surface area contributed by atoms with E-state index in [2.05, 4.69) is 22.0 Å². The Balaban J connectivity index is 1.15. The third kappa shape index (κ3) is 3.32. The number of nitrogens with one attached hydrogen (secondary N) is 3. The van der Waals surface area contributed by atoms with Crippen LogP contribution in [-0.2, 0) is 6.42 Å². The molecule has 6 bridgehead atoms. The molecule has 2 saturated heterocycles. The molecule has 2 unspecified atom stereocenters. The third-order valence-corrected chi connectivity index (χ3v) is 9.03. The highest BCUT2D eigenvalue weighted by Gasteiger charge is 2.50. The zero-order valence-corrected chi connectivity index (χ0v) is 17.9. The van der Waals surface area contributed by atoms with E-state index in [1.54, 1.807) is 0 Å². The van der Waals surface area contributed by atoms with E-state index in [1.807, 2.05) is 12.1 Å². The Morgan fingerprint density at radius 1 is 1.10 bits per heavy atom. The van der Waals surface area contributed by atoms with Gasteiger partial charge in [-0.2, -0.15) is 0 Å². The lowest BCUT2D eigenvalue weighted by molar-refractivity contribution is -0.0503. The quantitative estimate of drug-likeness (QED) is 0.692. The van der Waals surface area contributed by atoms with E-state index >= 15 is 0 Å². The first kappa shape index (κ1) is 18.7. The molecule has 6 fully saturated rings. The van der Waals surface area contributed by atoms with Crippen molar-refractivity contribution in [3.8, 4) is 0 Å². The number of benzene rings is 1. The van der Waals surface area contributed by atoms with Gasteiger partial charge in [0.05, 0.1) is 10.6 Å². The van der Waals surface area contributed by atoms with Crippen molar-refractivity contribution in [2.24, 2.45) is 23.2 Å². The van der Waals surface area contributed by atoms with Crippen molar-refractivity contribution in [1.29, 1.82) is 0 Å². The molecule has 156 valence electrons. The number of hydrogen-bond donors (Lipinski definition) is 3. The second-order valence-electron chi connectivity index (χ2n) is 11.0. The molecular formula is C24H32ClN3O. The lowest BCUT2D eigenvalue weighted by Crippen LogP contribution is -2.51. The van der Waals surface area contributed by atoms with Gasteiger partial charge in [-0.3, -0.25) is 4.79 Å². The molecule has 2 heterocycles. The normalized spacial score (nSPS) is 41.8. The number of hydrogen-bond acceptors (Lipinski definition) is 3. The molecule has 1 aromatic rings. The van der Waals surface area contributed by atoms with Gasteiger partial charge in [0, 0.05) is 31.2 Å². The maximum atomic E-state index is 13.1. The molecule has 4 saturated carbocycles. The van der Waals surface area contributed by atoms with Crippen LogP contribution in [0.4, 0.5) is 0 Å². The first-order chi connectivity index (χ1) is 14.0. The number of piperazine rings is 1. The Bertz CT molecular complexity index is 794. The average molecular weight is 414 g/mol. The molecule has 4 aliphatic carbocycles. The molecule has 0 spiro atoms. The summed E-state index contributed by atoms with van der Waals surface area (Å²) in [6.07, 6.45) is 10.4. The first-order valence-electron chi connectivity index (χ1n) is 11.5. The highest BCUT2D eigenvalue weighted by molar-refractivity contribution is 6.33. The molecule has 2 atom stereocenters. The van der Waals surface area contributed by atoms with Crippen LogP contribution in [0.25, 0.3) is 0 Å². The highest BCUT2D eigenvalue weighted by Crippen LogP contribution is 2.59. The topological polar surface area (TPSA) is 53.2 Å². The molecule has 4 nitrogen and oxygen atoms in total. The fourth-order valence-electron chi connectivity index (χ4n) is 7.89. The molecular weight excluding hydrogens is 382 g/mol. The van der Waals surface area contributed by atoms with Gasteiger partial charge in [0.2, 0.25) is 0 Å². The maximum absolute atomic E-state index is 13.1. The van der Waals surface area contributed by atoms with Gasteiger partial charge in [-0.1, -0.05) is 17.7 Å². The summed E-state index contributed by atoms with van der Waals surface area (Å²) in [7, 11) is 0. The summed E-state index contributed by atoms with van der Waals surface area (Å²) in [5.74, 6) is 2.73. The molecule has 7 rings (SSSR count). The van der Waals surface area contributed by atoms with Crippen LogP contribution in [0.5, 0.6) is 0 Å². The molecule has 29 heavy (non-hydrogen) atoms. The van der Waals surface area contributed by atoms with Gasteiger partial charge in [0.15, 0.2) is 0 Å². The Kier molecular flexibility index (Phi) is 4.31. The Labute approximate surface area is 178 Å². The summed E-state index contributed by atoms with van der Waals surface area (Å²) in [5, 5.41) is 11.1. The van der Waals surface area contributed by atoms with Gasteiger partial charge < -0.3 is 16.0 Å². The third-order valence-electron chi connectivity index (χ3n) is 8.70. The Morgan fingerprint density at radius 2 is 1.83 bits per heavy atom. The van der Waals surface area contributed by atoms with Gasteiger partial charge >= 0.3 is 0 Å². The Hall–Kier alpha value is -1.10.